The highest BCUT2D eigenvalue weighted by Gasteiger charge is 2.11. The third-order valence-electron chi connectivity index (χ3n) is 2.29. The molecular formula is C14H22FNS. The lowest BCUT2D eigenvalue weighted by molar-refractivity contribution is 0.422. The quantitative estimate of drug-likeness (QED) is 0.791. The maximum absolute atomic E-state index is 13.3. The largest absolute Gasteiger partial charge is 0.308 e. The summed E-state index contributed by atoms with van der Waals surface area (Å²) >= 11 is 1.80. The van der Waals surface area contributed by atoms with Gasteiger partial charge in [-0.2, -0.15) is 0 Å². The average molecular weight is 255 g/mol. The second-order valence-electron chi connectivity index (χ2n) is 5.20. The molecular weight excluding hydrogens is 233 g/mol. The Labute approximate surface area is 108 Å². The number of nitrogens with one attached hydrogen (secondary N) is 1. The zero-order valence-corrected chi connectivity index (χ0v) is 12.0. The summed E-state index contributed by atoms with van der Waals surface area (Å²) in [6, 6.07) is 5.06. The molecule has 0 aliphatic heterocycles. The first-order valence-electron chi connectivity index (χ1n) is 6.08. The van der Waals surface area contributed by atoms with Crippen molar-refractivity contribution in [2.24, 2.45) is 0 Å². The molecule has 0 bridgehead atoms. The monoisotopic (exact) mass is 255 g/mol. The van der Waals surface area contributed by atoms with Gasteiger partial charge in [0.15, 0.2) is 0 Å². The Bertz CT molecular complexity index is 358. The highest BCUT2D eigenvalue weighted by molar-refractivity contribution is 7.99. The van der Waals surface area contributed by atoms with Crippen molar-refractivity contribution in [1.29, 1.82) is 0 Å². The molecule has 0 aromatic heterocycles. The molecule has 0 fully saturated rings. The van der Waals surface area contributed by atoms with Gasteiger partial charge in [0, 0.05) is 17.0 Å². The minimum absolute atomic E-state index is 0.0546. The van der Waals surface area contributed by atoms with Gasteiger partial charge in [-0.05, 0) is 56.7 Å². The smallest absolute Gasteiger partial charge is 0.123 e. The topological polar surface area (TPSA) is 12.0 Å². The van der Waals surface area contributed by atoms with Crippen molar-refractivity contribution < 1.29 is 4.39 Å². The molecule has 0 saturated heterocycles. The van der Waals surface area contributed by atoms with Crippen LogP contribution in [-0.4, -0.2) is 11.3 Å². The van der Waals surface area contributed by atoms with Crippen molar-refractivity contribution in [3.05, 3.63) is 29.6 Å². The van der Waals surface area contributed by atoms with Crippen LogP contribution in [0.2, 0.25) is 0 Å². The van der Waals surface area contributed by atoms with E-state index < -0.39 is 0 Å². The fraction of sp³-hybridized carbons (Fsp3) is 0.571. The molecule has 1 aromatic carbocycles. The summed E-state index contributed by atoms with van der Waals surface area (Å²) < 4.78 is 13.3. The molecule has 0 heterocycles. The first kappa shape index (κ1) is 14.5. The number of hydrogen-bond acceptors (Lipinski definition) is 2. The van der Waals surface area contributed by atoms with Gasteiger partial charge in [-0.1, -0.05) is 6.92 Å². The van der Waals surface area contributed by atoms with Gasteiger partial charge in [0.1, 0.15) is 5.82 Å². The number of hydrogen-bond donors (Lipinski definition) is 1. The van der Waals surface area contributed by atoms with Gasteiger partial charge in [0.25, 0.3) is 0 Å². The predicted molar refractivity (Wildman–Crippen MR) is 74.0 cm³/mol. The molecule has 3 heteroatoms. The summed E-state index contributed by atoms with van der Waals surface area (Å²) in [7, 11) is 0. The Morgan fingerprint density at radius 1 is 1.29 bits per heavy atom. The molecule has 0 unspecified atom stereocenters. The third-order valence-corrected chi connectivity index (χ3v) is 3.62. The molecule has 1 N–H and O–H groups in total. The fourth-order valence-corrected chi connectivity index (χ4v) is 2.30. The van der Waals surface area contributed by atoms with Crippen LogP contribution in [0.1, 0.15) is 39.7 Å². The van der Waals surface area contributed by atoms with Crippen molar-refractivity contribution in [3.63, 3.8) is 0 Å². The summed E-state index contributed by atoms with van der Waals surface area (Å²) in [5.41, 5.74) is 1.11. The van der Waals surface area contributed by atoms with Crippen molar-refractivity contribution in [3.8, 4) is 0 Å². The van der Waals surface area contributed by atoms with Crippen LogP contribution in [0, 0.1) is 5.82 Å². The first-order chi connectivity index (χ1) is 7.92. The summed E-state index contributed by atoms with van der Waals surface area (Å²) in [6.45, 7) is 9.22. The lowest BCUT2D eigenvalue weighted by Gasteiger charge is -2.21. The van der Waals surface area contributed by atoms with E-state index in [1.165, 1.54) is 4.90 Å². The van der Waals surface area contributed by atoms with E-state index in [-0.39, 0.29) is 11.4 Å². The average Bonchev–Trinajstić information content (AvgIpc) is 2.24. The summed E-state index contributed by atoms with van der Waals surface area (Å²) in [6.07, 6.45) is 1.13. The van der Waals surface area contributed by atoms with Gasteiger partial charge in [-0.3, -0.25) is 0 Å². The normalized spacial score (nSPS) is 11.8. The van der Waals surface area contributed by atoms with E-state index in [1.54, 1.807) is 23.9 Å². The number of rotatable bonds is 5. The first-order valence-corrected chi connectivity index (χ1v) is 7.07. The zero-order chi connectivity index (χ0) is 12.9. The third kappa shape index (κ3) is 5.55. The van der Waals surface area contributed by atoms with E-state index in [1.807, 2.05) is 6.07 Å². The number of halogens is 1. The van der Waals surface area contributed by atoms with Gasteiger partial charge in [-0.25, -0.2) is 4.39 Å². The van der Waals surface area contributed by atoms with Crippen LogP contribution in [0.4, 0.5) is 4.39 Å². The van der Waals surface area contributed by atoms with E-state index in [0.29, 0.717) is 6.54 Å². The van der Waals surface area contributed by atoms with Gasteiger partial charge >= 0.3 is 0 Å². The van der Waals surface area contributed by atoms with E-state index >= 15 is 0 Å². The molecule has 0 spiro atoms. The maximum Gasteiger partial charge on any atom is 0.123 e. The van der Waals surface area contributed by atoms with E-state index in [0.717, 1.165) is 17.7 Å². The van der Waals surface area contributed by atoms with E-state index in [9.17, 15) is 4.39 Å². The lowest BCUT2D eigenvalue weighted by atomic mass is 10.1. The van der Waals surface area contributed by atoms with Gasteiger partial charge in [0.2, 0.25) is 0 Å². The SMILES string of the molecule is CCCSc1ccc(F)cc1CNC(C)(C)C. The van der Waals surface area contributed by atoms with Crippen molar-refractivity contribution in [2.75, 3.05) is 5.75 Å². The Morgan fingerprint density at radius 3 is 2.59 bits per heavy atom. The molecule has 0 aliphatic carbocycles. The highest BCUT2D eigenvalue weighted by Crippen LogP contribution is 2.24. The van der Waals surface area contributed by atoms with Crippen molar-refractivity contribution in [1.82, 2.24) is 5.32 Å². The minimum Gasteiger partial charge on any atom is -0.308 e. The van der Waals surface area contributed by atoms with Gasteiger partial charge in [0.05, 0.1) is 0 Å². The lowest BCUT2D eigenvalue weighted by Crippen LogP contribution is -2.35. The van der Waals surface area contributed by atoms with Crippen LogP contribution < -0.4 is 5.32 Å². The van der Waals surface area contributed by atoms with Crippen molar-refractivity contribution >= 4 is 11.8 Å². The van der Waals surface area contributed by atoms with E-state index in [4.69, 9.17) is 0 Å². The second-order valence-corrected chi connectivity index (χ2v) is 6.34. The minimum atomic E-state index is -0.156. The Kier molecular flexibility index (Phi) is 5.47. The Balaban J connectivity index is 2.76. The van der Waals surface area contributed by atoms with E-state index in [2.05, 4.69) is 33.0 Å². The maximum atomic E-state index is 13.3. The van der Waals surface area contributed by atoms with Crippen LogP contribution in [0.3, 0.4) is 0 Å². The summed E-state index contributed by atoms with van der Waals surface area (Å²) in [4.78, 5) is 1.19. The zero-order valence-electron chi connectivity index (χ0n) is 11.1. The molecule has 1 aromatic rings. The van der Waals surface area contributed by atoms with Gasteiger partial charge < -0.3 is 5.32 Å². The molecule has 0 aliphatic rings. The predicted octanol–water partition coefficient (Wildman–Crippen LogP) is 4.22. The van der Waals surface area contributed by atoms with Crippen LogP contribution in [0.25, 0.3) is 0 Å². The van der Waals surface area contributed by atoms with Crippen LogP contribution in [-0.2, 0) is 6.54 Å². The summed E-state index contributed by atoms with van der Waals surface area (Å²) in [5, 5.41) is 3.40. The Hall–Kier alpha value is -0.540. The second kappa shape index (κ2) is 6.41. The molecule has 96 valence electrons. The highest BCUT2D eigenvalue weighted by atomic mass is 32.2. The van der Waals surface area contributed by atoms with Crippen molar-refractivity contribution in [2.45, 2.75) is 51.1 Å². The molecule has 0 radical (unpaired) electrons. The summed E-state index contributed by atoms with van der Waals surface area (Å²) in [5.74, 6) is 0.922. The standard InChI is InChI=1S/C14H22FNS/c1-5-8-17-13-7-6-12(15)9-11(13)10-16-14(2,3)4/h6-7,9,16H,5,8,10H2,1-4H3. The van der Waals surface area contributed by atoms with Crippen LogP contribution in [0.15, 0.2) is 23.1 Å². The molecule has 1 nitrogen and oxygen atoms in total. The molecule has 17 heavy (non-hydrogen) atoms. The van der Waals surface area contributed by atoms with Crippen LogP contribution in [0.5, 0.6) is 0 Å². The van der Waals surface area contributed by atoms with Crippen LogP contribution >= 0.6 is 11.8 Å². The Morgan fingerprint density at radius 2 is 2.00 bits per heavy atom. The molecule has 1 rings (SSSR count). The molecule has 0 amide bonds. The van der Waals surface area contributed by atoms with Gasteiger partial charge in [-0.15, -0.1) is 11.8 Å². The molecule has 0 saturated carbocycles. The number of thioether (sulfide) groups is 1. The fourth-order valence-electron chi connectivity index (χ4n) is 1.40. The molecule has 0 atom stereocenters. The number of benzene rings is 1.